The van der Waals surface area contributed by atoms with Crippen LogP contribution in [0.4, 0.5) is 5.69 Å². The number of benzene rings is 2. The Labute approximate surface area is 178 Å². The van der Waals surface area contributed by atoms with Crippen molar-refractivity contribution in [1.82, 2.24) is 5.32 Å². The number of hydrogen-bond acceptors (Lipinski definition) is 4. The highest BCUT2D eigenvalue weighted by Gasteiger charge is 2.29. The minimum Gasteiger partial charge on any atom is -0.353 e. The molecule has 0 aliphatic rings. The Morgan fingerprint density at radius 2 is 1.72 bits per heavy atom. The van der Waals surface area contributed by atoms with Gasteiger partial charge in [0.2, 0.25) is 15.9 Å². The van der Waals surface area contributed by atoms with Gasteiger partial charge in [0.15, 0.2) is 0 Å². The van der Waals surface area contributed by atoms with Crippen molar-refractivity contribution < 1.29 is 13.2 Å². The van der Waals surface area contributed by atoms with Gasteiger partial charge in [-0.3, -0.25) is 9.10 Å². The van der Waals surface area contributed by atoms with Crippen LogP contribution in [0.25, 0.3) is 0 Å². The molecule has 7 heteroatoms. The number of thioether (sulfide) groups is 1. The number of hydrogen-bond donors (Lipinski definition) is 1. The normalized spacial score (nSPS) is 12.4. The van der Waals surface area contributed by atoms with E-state index in [4.69, 9.17) is 0 Å². The van der Waals surface area contributed by atoms with Crippen LogP contribution in [0, 0.1) is 20.8 Å². The van der Waals surface area contributed by atoms with Crippen molar-refractivity contribution >= 4 is 33.4 Å². The minimum absolute atomic E-state index is 0.300. The second kappa shape index (κ2) is 10.2. The van der Waals surface area contributed by atoms with Crippen LogP contribution < -0.4 is 9.62 Å². The monoisotopic (exact) mass is 434 g/mol. The number of rotatable bonds is 9. The standard InChI is InChI=1S/C22H30N2O3S2/c1-16-12-17(2)14-21(13-16)24(29(5,26)27)19(4)22(25)23-10-11-28-15-20-9-7-6-8-18(20)3/h6-9,12-14,19H,10-11,15H2,1-5H3,(H,23,25)/t19-/m1/s1. The summed E-state index contributed by atoms with van der Waals surface area (Å²) in [6.45, 7) is 8.02. The van der Waals surface area contributed by atoms with Gasteiger partial charge in [-0.2, -0.15) is 11.8 Å². The van der Waals surface area contributed by atoms with Crippen molar-refractivity contribution in [3.8, 4) is 0 Å². The van der Waals surface area contributed by atoms with E-state index in [0.29, 0.717) is 12.2 Å². The van der Waals surface area contributed by atoms with Crippen LogP contribution in [-0.2, 0) is 20.6 Å². The van der Waals surface area contributed by atoms with Gasteiger partial charge in [-0.15, -0.1) is 0 Å². The van der Waals surface area contributed by atoms with Crippen LogP contribution in [0.5, 0.6) is 0 Å². The predicted molar refractivity (Wildman–Crippen MR) is 123 cm³/mol. The zero-order valence-corrected chi connectivity index (χ0v) is 19.4. The molecule has 158 valence electrons. The fourth-order valence-electron chi connectivity index (χ4n) is 3.23. The van der Waals surface area contributed by atoms with E-state index in [0.717, 1.165) is 28.9 Å². The van der Waals surface area contributed by atoms with Crippen molar-refractivity contribution in [3.63, 3.8) is 0 Å². The summed E-state index contributed by atoms with van der Waals surface area (Å²) in [5.41, 5.74) is 4.97. The molecular formula is C22H30N2O3S2. The number of nitrogens with one attached hydrogen (secondary N) is 1. The molecule has 0 aliphatic carbocycles. The molecule has 0 unspecified atom stereocenters. The zero-order chi connectivity index (χ0) is 21.6. The molecule has 0 aliphatic heterocycles. The van der Waals surface area contributed by atoms with Gasteiger partial charge in [-0.1, -0.05) is 30.3 Å². The zero-order valence-electron chi connectivity index (χ0n) is 17.7. The van der Waals surface area contributed by atoms with E-state index in [9.17, 15) is 13.2 Å². The SMILES string of the molecule is Cc1cc(C)cc(N([C@H](C)C(=O)NCCSCc2ccccc2C)S(C)(=O)=O)c1. The van der Waals surface area contributed by atoms with E-state index in [1.54, 1.807) is 30.8 Å². The molecule has 2 aromatic carbocycles. The second-order valence-corrected chi connectivity index (χ2v) is 10.3. The van der Waals surface area contributed by atoms with Crippen molar-refractivity contribution in [1.29, 1.82) is 0 Å². The van der Waals surface area contributed by atoms with Gasteiger partial charge in [0.25, 0.3) is 0 Å². The van der Waals surface area contributed by atoms with E-state index < -0.39 is 16.1 Å². The van der Waals surface area contributed by atoms with Crippen LogP contribution >= 0.6 is 11.8 Å². The number of anilines is 1. The Kier molecular flexibility index (Phi) is 8.16. The summed E-state index contributed by atoms with van der Waals surface area (Å²) in [7, 11) is -3.60. The Morgan fingerprint density at radius 3 is 2.31 bits per heavy atom. The first kappa shape index (κ1) is 23.3. The molecule has 0 radical (unpaired) electrons. The maximum atomic E-state index is 12.6. The van der Waals surface area contributed by atoms with Gasteiger partial charge in [0.1, 0.15) is 6.04 Å². The largest absolute Gasteiger partial charge is 0.353 e. The van der Waals surface area contributed by atoms with E-state index in [1.807, 2.05) is 32.0 Å². The van der Waals surface area contributed by atoms with Crippen LogP contribution in [0.1, 0.15) is 29.2 Å². The first-order valence-electron chi connectivity index (χ1n) is 9.57. The summed E-state index contributed by atoms with van der Waals surface area (Å²) in [5, 5.41) is 2.87. The smallest absolute Gasteiger partial charge is 0.243 e. The number of carbonyl (C=O) groups is 1. The van der Waals surface area contributed by atoms with Crippen LogP contribution in [0.3, 0.4) is 0 Å². The molecule has 2 rings (SSSR count). The summed E-state index contributed by atoms with van der Waals surface area (Å²) >= 11 is 1.74. The van der Waals surface area contributed by atoms with E-state index in [-0.39, 0.29) is 5.91 Å². The highest BCUT2D eigenvalue weighted by molar-refractivity contribution is 7.98. The molecule has 0 heterocycles. The molecule has 5 nitrogen and oxygen atoms in total. The Bertz CT molecular complexity index is 938. The summed E-state index contributed by atoms with van der Waals surface area (Å²) in [6.07, 6.45) is 1.13. The van der Waals surface area contributed by atoms with Gasteiger partial charge < -0.3 is 5.32 Å². The number of sulfonamides is 1. The number of nitrogens with zero attached hydrogens (tertiary/aromatic N) is 1. The topological polar surface area (TPSA) is 66.5 Å². The fraction of sp³-hybridized carbons (Fsp3) is 0.409. The lowest BCUT2D eigenvalue weighted by Crippen LogP contribution is -2.48. The Hall–Kier alpha value is -1.99. The lowest BCUT2D eigenvalue weighted by atomic mass is 10.1. The lowest BCUT2D eigenvalue weighted by Gasteiger charge is -2.28. The number of amides is 1. The van der Waals surface area contributed by atoms with Crippen molar-refractivity contribution in [2.45, 2.75) is 39.5 Å². The molecule has 0 fully saturated rings. The molecule has 1 amide bonds. The summed E-state index contributed by atoms with van der Waals surface area (Å²) in [5.74, 6) is 1.34. The first-order chi connectivity index (χ1) is 13.6. The molecule has 0 aromatic heterocycles. The quantitative estimate of drug-likeness (QED) is 0.610. The number of carbonyl (C=O) groups excluding carboxylic acids is 1. The van der Waals surface area contributed by atoms with E-state index in [1.165, 1.54) is 15.4 Å². The summed E-state index contributed by atoms with van der Waals surface area (Å²) < 4.78 is 26.0. The Balaban J connectivity index is 1.96. The molecule has 0 spiro atoms. The van der Waals surface area contributed by atoms with E-state index in [2.05, 4.69) is 24.4 Å². The molecule has 29 heavy (non-hydrogen) atoms. The van der Waals surface area contributed by atoms with Crippen molar-refractivity contribution in [3.05, 3.63) is 64.7 Å². The molecule has 2 aromatic rings. The number of aryl methyl sites for hydroxylation is 3. The molecule has 1 atom stereocenters. The second-order valence-electron chi connectivity index (χ2n) is 7.35. The third-order valence-corrected chi connectivity index (χ3v) is 6.86. The highest BCUT2D eigenvalue weighted by Crippen LogP contribution is 2.24. The molecule has 0 saturated carbocycles. The average molecular weight is 435 g/mol. The minimum atomic E-state index is -3.60. The van der Waals surface area contributed by atoms with E-state index >= 15 is 0 Å². The van der Waals surface area contributed by atoms with Crippen molar-refractivity contribution in [2.24, 2.45) is 0 Å². The molecular weight excluding hydrogens is 404 g/mol. The summed E-state index contributed by atoms with van der Waals surface area (Å²) in [4.78, 5) is 12.6. The van der Waals surface area contributed by atoms with Crippen LogP contribution in [0.15, 0.2) is 42.5 Å². The van der Waals surface area contributed by atoms with Gasteiger partial charge >= 0.3 is 0 Å². The molecule has 0 saturated heterocycles. The molecule has 1 N–H and O–H groups in total. The van der Waals surface area contributed by atoms with Crippen molar-refractivity contribution in [2.75, 3.05) is 22.9 Å². The highest BCUT2D eigenvalue weighted by atomic mass is 32.2. The van der Waals surface area contributed by atoms with Gasteiger partial charge in [-0.05, 0) is 62.1 Å². The third-order valence-electron chi connectivity index (χ3n) is 4.61. The predicted octanol–water partition coefficient (Wildman–Crippen LogP) is 3.82. The first-order valence-corrected chi connectivity index (χ1v) is 12.6. The maximum absolute atomic E-state index is 12.6. The lowest BCUT2D eigenvalue weighted by molar-refractivity contribution is -0.121. The summed E-state index contributed by atoms with van der Waals surface area (Å²) in [6, 6.07) is 13.0. The molecule has 0 bridgehead atoms. The Morgan fingerprint density at radius 1 is 1.10 bits per heavy atom. The van der Waals surface area contributed by atoms with Crippen LogP contribution in [0.2, 0.25) is 0 Å². The average Bonchev–Trinajstić information content (AvgIpc) is 2.60. The fourth-order valence-corrected chi connectivity index (χ4v) is 5.33. The van der Waals surface area contributed by atoms with Gasteiger partial charge in [-0.25, -0.2) is 8.42 Å². The van der Waals surface area contributed by atoms with Gasteiger partial charge in [0, 0.05) is 18.1 Å². The van der Waals surface area contributed by atoms with Gasteiger partial charge in [0.05, 0.1) is 11.9 Å². The third kappa shape index (κ3) is 6.78. The van der Waals surface area contributed by atoms with Crippen LogP contribution in [-0.4, -0.2) is 38.9 Å². The maximum Gasteiger partial charge on any atom is 0.243 e.